The van der Waals surface area contributed by atoms with Crippen molar-refractivity contribution in [1.29, 1.82) is 0 Å². The molecule has 2 amide bonds. The highest BCUT2D eigenvalue weighted by atomic mass is 32.1. The Morgan fingerprint density at radius 1 is 1.41 bits per heavy atom. The molecule has 0 aromatic carbocycles. The van der Waals surface area contributed by atoms with Crippen LogP contribution in [0.1, 0.15) is 55.4 Å². The lowest BCUT2D eigenvalue weighted by atomic mass is 10.1. The van der Waals surface area contributed by atoms with Gasteiger partial charge in [0.05, 0.1) is 12.1 Å². The summed E-state index contributed by atoms with van der Waals surface area (Å²) in [5.41, 5.74) is 0.745. The lowest BCUT2D eigenvalue weighted by molar-refractivity contribution is -0.115. The van der Waals surface area contributed by atoms with Crippen LogP contribution in [0.15, 0.2) is 16.8 Å². The summed E-state index contributed by atoms with van der Waals surface area (Å²) in [7, 11) is 0. The first kappa shape index (κ1) is 19.3. The number of carbonyl (C=O) groups is 2. The van der Waals surface area contributed by atoms with E-state index < -0.39 is 0 Å². The average Bonchev–Trinajstić information content (AvgIpc) is 3.28. The van der Waals surface area contributed by atoms with Crippen LogP contribution in [-0.4, -0.2) is 34.3 Å². The molecule has 2 N–H and O–H groups in total. The number of nitrogens with one attached hydrogen (secondary N) is 2. The van der Waals surface area contributed by atoms with Crippen molar-refractivity contribution in [2.75, 3.05) is 5.32 Å². The Kier molecular flexibility index (Phi) is 6.10. The van der Waals surface area contributed by atoms with Gasteiger partial charge in [0.1, 0.15) is 11.9 Å². The summed E-state index contributed by atoms with van der Waals surface area (Å²) < 4.78 is 10.5. The van der Waals surface area contributed by atoms with Crippen LogP contribution in [0.5, 0.6) is 0 Å². The molecule has 0 radical (unpaired) electrons. The third-order valence-electron chi connectivity index (χ3n) is 4.25. The summed E-state index contributed by atoms with van der Waals surface area (Å²) >= 11 is 1.46. The number of hydrogen-bond acceptors (Lipinski definition) is 7. The van der Waals surface area contributed by atoms with Crippen LogP contribution < -0.4 is 10.6 Å². The summed E-state index contributed by atoms with van der Waals surface area (Å²) in [6, 6.07) is 1.80. The SMILES string of the molecule is Cc1cc(CC(=O)Nc2ncc([C@H]3CC[C@@H](OC(=O)NC(C)C)C3)s2)on1. The molecular weight excluding hydrogens is 368 g/mol. The Morgan fingerprint density at radius 2 is 2.22 bits per heavy atom. The zero-order chi connectivity index (χ0) is 19.4. The van der Waals surface area contributed by atoms with Crippen LogP contribution in [0, 0.1) is 6.92 Å². The van der Waals surface area contributed by atoms with E-state index in [9.17, 15) is 9.59 Å². The second-order valence-corrected chi connectivity index (χ2v) is 8.13. The third-order valence-corrected chi connectivity index (χ3v) is 5.32. The average molecular weight is 392 g/mol. The topological polar surface area (TPSA) is 106 Å². The van der Waals surface area contributed by atoms with Crippen LogP contribution in [-0.2, 0) is 16.0 Å². The lowest BCUT2D eigenvalue weighted by Crippen LogP contribution is -2.33. The van der Waals surface area contributed by atoms with Crippen molar-refractivity contribution in [3.63, 3.8) is 0 Å². The molecule has 1 saturated carbocycles. The summed E-state index contributed by atoms with van der Waals surface area (Å²) in [6.45, 7) is 5.61. The fourth-order valence-electron chi connectivity index (χ4n) is 3.08. The maximum Gasteiger partial charge on any atom is 0.407 e. The van der Waals surface area contributed by atoms with Gasteiger partial charge in [-0.3, -0.25) is 4.79 Å². The van der Waals surface area contributed by atoms with Crippen molar-refractivity contribution >= 4 is 28.5 Å². The molecule has 2 heterocycles. The van der Waals surface area contributed by atoms with Crippen LogP contribution in [0.4, 0.5) is 9.93 Å². The number of rotatable bonds is 6. The van der Waals surface area contributed by atoms with E-state index >= 15 is 0 Å². The number of nitrogens with zero attached hydrogens (tertiary/aromatic N) is 2. The van der Waals surface area contributed by atoms with Crippen molar-refractivity contribution < 1.29 is 18.8 Å². The molecule has 0 spiro atoms. The van der Waals surface area contributed by atoms with E-state index in [1.54, 1.807) is 12.3 Å². The molecule has 2 aromatic rings. The highest BCUT2D eigenvalue weighted by molar-refractivity contribution is 7.15. The zero-order valence-corrected chi connectivity index (χ0v) is 16.5. The summed E-state index contributed by atoms with van der Waals surface area (Å²) in [5.74, 6) is 0.629. The Balaban J connectivity index is 1.49. The largest absolute Gasteiger partial charge is 0.446 e. The van der Waals surface area contributed by atoms with Gasteiger partial charge in [-0.25, -0.2) is 9.78 Å². The fourth-order valence-corrected chi connectivity index (χ4v) is 4.06. The first-order chi connectivity index (χ1) is 12.9. The number of thiazole rings is 1. The van der Waals surface area contributed by atoms with Crippen molar-refractivity contribution in [3.8, 4) is 0 Å². The van der Waals surface area contributed by atoms with Gasteiger partial charge in [0.2, 0.25) is 5.91 Å². The molecule has 27 heavy (non-hydrogen) atoms. The number of anilines is 1. The Bertz CT molecular complexity index is 801. The van der Waals surface area contributed by atoms with Crippen molar-refractivity contribution in [2.45, 2.75) is 64.5 Å². The molecule has 3 rings (SSSR count). The van der Waals surface area contributed by atoms with E-state index in [-0.39, 0.29) is 30.6 Å². The first-order valence-electron chi connectivity index (χ1n) is 9.04. The van der Waals surface area contributed by atoms with Gasteiger partial charge >= 0.3 is 6.09 Å². The summed E-state index contributed by atoms with van der Waals surface area (Å²) in [5, 5.41) is 9.87. The van der Waals surface area contributed by atoms with Gasteiger partial charge in [-0.05, 0) is 46.0 Å². The minimum Gasteiger partial charge on any atom is -0.446 e. The van der Waals surface area contributed by atoms with Gasteiger partial charge < -0.3 is 19.9 Å². The molecule has 2 atom stereocenters. The summed E-state index contributed by atoms with van der Waals surface area (Å²) in [4.78, 5) is 29.2. The van der Waals surface area contributed by atoms with Crippen LogP contribution >= 0.6 is 11.3 Å². The molecule has 0 aliphatic heterocycles. The van der Waals surface area contributed by atoms with E-state index in [2.05, 4.69) is 20.8 Å². The minimum atomic E-state index is -0.365. The molecule has 9 heteroatoms. The molecule has 2 aromatic heterocycles. The van der Waals surface area contributed by atoms with E-state index in [4.69, 9.17) is 9.26 Å². The van der Waals surface area contributed by atoms with Crippen molar-refractivity contribution in [1.82, 2.24) is 15.5 Å². The van der Waals surface area contributed by atoms with Crippen LogP contribution in [0.2, 0.25) is 0 Å². The van der Waals surface area contributed by atoms with E-state index in [1.165, 1.54) is 11.3 Å². The van der Waals surface area contributed by atoms with Gasteiger partial charge in [-0.15, -0.1) is 11.3 Å². The second kappa shape index (κ2) is 8.51. The quantitative estimate of drug-likeness (QED) is 0.780. The Morgan fingerprint density at radius 3 is 2.93 bits per heavy atom. The lowest BCUT2D eigenvalue weighted by Gasteiger charge is -2.14. The maximum absolute atomic E-state index is 12.1. The second-order valence-electron chi connectivity index (χ2n) is 7.06. The van der Waals surface area contributed by atoms with Crippen molar-refractivity contribution in [2.24, 2.45) is 0 Å². The normalized spacial score (nSPS) is 19.3. The Labute approximate surface area is 161 Å². The number of carbonyl (C=O) groups excluding carboxylic acids is 2. The van der Waals surface area contributed by atoms with Crippen molar-refractivity contribution in [3.05, 3.63) is 28.6 Å². The van der Waals surface area contributed by atoms with E-state index in [0.717, 1.165) is 29.8 Å². The monoisotopic (exact) mass is 392 g/mol. The molecule has 0 unspecified atom stereocenters. The molecule has 1 aliphatic carbocycles. The van der Waals surface area contributed by atoms with Crippen LogP contribution in [0.25, 0.3) is 0 Å². The van der Waals surface area contributed by atoms with Gasteiger partial charge in [-0.1, -0.05) is 5.16 Å². The predicted molar refractivity (Wildman–Crippen MR) is 101 cm³/mol. The minimum absolute atomic E-state index is 0.0586. The highest BCUT2D eigenvalue weighted by Crippen LogP contribution is 2.39. The van der Waals surface area contributed by atoms with Gasteiger partial charge in [0.25, 0.3) is 0 Å². The zero-order valence-electron chi connectivity index (χ0n) is 15.7. The number of alkyl carbamates (subject to hydrolysis) is 1. The van der Waals surface area contributed by atoms with E-state index in [0.29, 0.717) is 16.8 Å². The van der Waals surface area contributed by atoms with Crippen LogP contribution in [0.3, 0.4) is 0 Å². The standard InChI is InChI=1S/C18H24N4O4S/c1-10(2)20-18(24)25-13-5-4-12(7-13)15-9-19-17(27-15)21-16(23)8-14-6-11(3)22-26-14/h6,9-10,12-13H,4-5,7-8H2,1-3H3,(H,20,24)(H,19,21,23)/t12-,13+/m0/s1. The van der Waals surface area contributed by atoms with E-state index in [1.807, 2.05) is 20.8 Å². The molecule has 0 bridgehead atoms. The number of amides is 2. The third kappa shape index (κ3) is 5.53. The Hall–Kier alpha value is -2.42. The molecular formula is C18H24N4O4S. The number of hydrogen-bond donors (Lipinski definition) is 2. The maximum atomic E-state index is 12.1. The fraction of sp³-hybridized carbons (Fsp3) is 0.556. The number of aromatic nitrogens is 2. The summed E-state index contributed by atoms with van der Waals surface area (Å²) in [6.07, 6.45) is 4.02. The molecule has 1 fully saturated rings. The molecule has 0 saturated heterocycles. The number of aryl methyl sites for hydroxylation is 1. The van der Waals surface area contributed by atoms with Gasteiger partial charge in [-0.2, -0.15) is 0 Å². The van der Waals surface area contributed by atoms with Gasteiger partial charge in [0.15, 0.2) is 5.13 Å². The molecule has 8 nitrogen and oxygen atoms in total. The molecule has 1 aliphatic rings. The highest BCUT2D eigenvalue weighted by Gasteiger charge is 2.30. The van der Waals surface area contributed by atoms with Gasteiger partial charge in [0, 0.05) is 23.2 Å². The first-order valence-corrected chi connectivity index (χ1v) is 9.85. The smallest absolute Gasteiger partial charge is 0.407 e. The number of ether oxygens (including phenoxy) is 1. The predicted octanol–water partition coefficient (Wildman–Crippen LogP) is 3.39. The molecule has 146 valence electrons.